The number of rotatable bonds is 5. The van der Waals surface area contributed by atoms with E-state index < -0.39 is 0 Å². The van der Waals surface area contributed by atoms with E-state index in [-0.39, 0.29) is 0 Å². The number of benzene rings is 1. The van der Waals surface area contributed by atoms with E-state index in [1.807, 2.05) is 19.4 Å². The molecule has 102 valence electrons. The lowest BCUT2D eigenvalue weighted by atomic mass is 10.1. The lowest BCUT2D eigenvalue weighted by molar-refractivity contribution is 0.563. The summed E-state index contributed by atoms with van der Waals surface area (Å²) >= 11 is 7.07. The smallest absolute Gasteiger partial charge is 0.109 e. The van der Waals surface area contributed by atoms with E-state index in [2.05, 4.69) is 71.9 Å². The first-order valence-electron chi connectivity index (χ1n) is 6.22. The molecular formula is C14H17Br2N3. The summed E-state index contributed by atoms with van der Waals surface area (Å²) in [5, 5.41) is 3.53. The van der Waals surface area contributed by atoms with Crippen molar-refractivity contribution in [3.8, 4) is 0 Å². The Morgan fingerprint density at radius 3 is 2.79 bits per heavy atom. The second kappa shape index (κ2) is 6.68. The summed E-state index contributed by atoms with van der Waals surface area (Å²) in [4.78, 5) is 4.32. The first kappa shape index (κ1) is 14.8. The van der Waals surface area contributed by atoms with E-state index in [0.717, 1.165) is 27.7 Å². The van der Waals surface area contributed by atoms with Crippen LogP contribution in [0.1, 0.15) is 24.4 Å². The second-order valence-electron chi connectivity index (χ2n) is 4.55. The summed E-state index contributed by atoms with van der Waals surface area (Å²) in [6.45, 7) is 3.08. The standard InChI is InChI=1S/C14H17Br2N3/c1-10(12-4-3-11(15)9-13(12)16)17-6-5-14-18-7-8-19(14)2/h3-4,7-10,17H,5-6H2,1-2H3. The molecule has 3 nitrogen and oxygen atoms in total. The highest BCUT2D eigenvalue weighted by molar-refractivity contribution is 9.11. The van der Waals surface area contributed by atoms with Crippen LogP contribution in [0.2, 0.25) is 0 Å². The molecule has 2 rings (SSSR count). The molecule has 0 amide bonds. The van der Waals surface area contributed by atoms with Gasteiger partial charge in [0, 0.05) is 47.4 Å². The van der Waals surface area contributed by atoms with Crippen molar-refractivity contribution in [3.05, 3.63) is 50.9 Å². The third-order valence-electron chi connectivity index (χ3n) is 3.15. The quantitative estimate of drug-likeness (QED) is 0.845. The van der Waals surface area contributed by atoms with E-state index in [0.29, 0.717) is 6.04 Å². The lowest BCUT2D eigenvalue weighted by Gasteiger charge is -2.16. The van der Waals surface area contributed by atoms with Gasteiger partial charge in [-0.1, -0.05) is 37.9 Å². The predicted octanol–water partition coefficient (Wildman–Crippen LogP) is 3.84. The van der Waals surface area contributed by atoms with E-state index in [4.69, 9.17) is 0 Å². The third-order valence-corrected chi connectivity index (χ3v) is 4.33. The zero-order chi connectivity index (χ0) is 13.8. The van der Waals surface area contributed by atoms with Gasteiger partial charge in [-0.3, -0.25) is 0 Å². The van der Waals surface area contributed by atoms with Gasteiger partial charge < -0.3 is 9.88 Å². The average molecular weight is 387 g/mol. The van der Waals surface area contributed by atoms with Crippen LogP contribution in [0.15, 0.2) is 39.5 Å². The number of nitrogens with one attached hydrogen (secondary N) is 1. The summed E-state index contributed by atoms with van der Waals surface area (Å²) in [6, 6.07) is 6.58. The summed E-state index contributed by atoms with van der Waals surface area (Å²) in [5.74, 6) is 1.11. The van der Waals surface area contributed by atoms with E-state index >= 15 is 0 Å². The largest absolute Gasteiger partial charge is 0.338 e. The molecule has 1 aromatic heterocycles. The number of hydrogen-bond donors (Lipinski definition) is 1. The molecule has 0 fully saturated rings. The van der Waals surface area contributed by atoms with Crippen molar-refractivity contribution >= 4 is 31.9 Å². The summed E-state index contributed by atoms with van der Waals surface area (Å²) < 4.78 is 4.27. The number of nitrogens with zero attached hydrogens (tertiary/aromatic N) is 2. The van der Waals surface area contributed by atoms with Crippen LogP contribution >= 0.6 is 31.9 Å². The van der Waals surface area contributed by atoms with Crippen LogP contribution in [0.4, 0.5) is 0 Å². The summed E-state index contributed by atoms with van der Waals surface area (Å²) in [6.07, 6.45) is 4.75. The Balaban J connectivity index is 1.91. The molecule has 1 aromatic carbocycles. The number of aryl methyl sites for hydroxylation is 1. The van der Waals surface area contributed by atoms with Crippen molar-refractivity contribution in [2.24, 2.45) is 7.05 Å². The molecule has 0 aliphatic carbocycles. The minimum Gasteiger partial charge on any atom is -0.338 e. The van der Waals surface area contributed by atoms with E-state index in [9.17, 15) is 0 Å². The molecule has 1 heterocycles. The zero-order valence-electron chi connectivity index (χ0n) is 11.0. The van der Waals surface area contributed by atoms with Crippen molar-refractivity contribution < 1.29 is 0 Å². The van der Waals surface area contributed by atoms with Gasteiger partial charge in [0.2, 0.25) is 0 Å². The van der Waals surface area contributed by atoms with Crippen LogP contribution in [0, 0.1) is 0 Å². The minimum absolute atomic E-state index is 0.308. The van der Waals surface area contributed by atoms with Gasteiger partial charge in [0.05, 0.1) is 0 Å². The fraction of sp³-hybridized carbons (Fsp3) is 0.357. The summed E-state index contributed by atoms with van der Waals surface area (Å²) in [5.41, 5.74) is 1.27. The van der Waals surface area contributed by atoms with Gasteiger partial charge in [-0.05, 0) is 24.6 Å². The average Bonchev–Trinajstić information content (AvgIpc) is 2.75. The van der Waals surface area contributed by atoms with Gasteiger partial charge in [0.1, 0.15) is 5.82 Å². The minimum atomic E-state index is 0.308. The maximum absolute atomic E-state index is 4.32. The molecule has 0 spiro atoms. The van der Waals surface area contributed by atoms with Crippen molar-refractivity contribution in [1.82, 2.24) is 14.9 Å². The van der Waals surface area contributed by atoms with Crippen LogP contribution in [-0.4, -0.2) is 16.1 Å². The van der Waals surface area contributed by atoms with Crippen LogP contribution in [0.25, 0.3) is 0 Å². The molecule has 0 radical (unpaired) electrons. The van der Waals surface area contributed by atoms with E-state index in [1.165, 1.54) is 5.56 Å². The van der Waals surface area contributed by atoms with Gasteiger partial charge in [-0.15, -0.1) is 0 Å². The fourth-order valence-corrected chi connectivity index (χ4v) is 3.39. The summed E-state index contributed by atoms with van der Waals surface area (Å²) in [7, 11) is 2.02. The Labute approximate surface area is 130 Å². The van der Waals surface area contributed by atoms with Crippen molar-refractivity contribution in [1.29, 1.82) is 0 Å². The Kier molecular flexibility index (Phi) is 5.19. The van der Waals surface area contributed by atoms with E-state index in [1.54, 1.807) is 0 Å². The molecular weight excluding hydrogens is 370 g/mol. The van der Waals surface area contributed by atoms with Crippen molar-refractivity contribution in [2.75, 3.05) is 6.54 Å². The molecule has 1 atom stereocenters. The van der Waals surface area contributed by atoms with Crippen molar-refractivity contribution in [3.63, 3.8) is 0 Å². The predicted molar refractivity (Wildman–Crippen MR) is 85.2 cm³/mol. The Hall–Kier alpha value is -0.650. The molecule has 0 saturated carbocycles. The van der Waals surface area contributed by atoms with Crippen molar-refractivity contribution in [2.45, 2.75) is 19.4 Å². The van der Waals surface area contributed by atoms with Crippen LogP contribution in [0.5, 0.6) is 0 Å². The second-order valence-corrected chi connectivity index (χ2v) is 6.32. The van der Waals surface area contributed by atoms with Crippen LogP contribution in [0.3, 0.4) is 0 Å². The molecule has 0 saturated heterocycles. The number of aromatic nitrogens is 2. The lowest BCUT2D eigenvalue weighted by Crippen LogP contribution is -2.22. The first-order chi connectivity index (χ1) is 9.08. The maximum atomic E-state index is 4.32. The Morgan fingerprint density at radius 2 is 2.16 bits per heavy atom. The monoisotopic (exact) mass is 385 g/mol. The SMILES string of the molecule is CC(NCCc1nccn1C)c1ccc(Br)cc1Br. The highest BCUT2D eigenvalue weighted by Gasteiger charge is 2.09. The van der Waals surface area contributed by atoms with Gasteiger partial charge in [0.25, 0.3) is 0 Å². The Morgan fingerprint density at radius 1 is 1.37 bits per heavy atom. The number of halogens is 2. The molecule has 2 aromatic rings. The fourth-order valence-electron chi connectivity index (χ4n) is 2.00. The van der Waals surface area contributed by atoms with Crippen LogP contribution in [-0.2, 0) is 13.5 Å². The Bertz CT molecular complexity index is 551. The topological polar surface area (TPSA) is 29.9 Å². The maximum Gasteiger partial charge on any atom is 0.109 e. The molecule has 0 bridgehead atoms. The molecule has 5 heteroatoms. The van der Waals surface area contributed by atoms with Gasteiger partial charge in [-0.25, -0.2) is 4.98 Å². The molecule has 19 heavy (non-hydrogen) atoms. The van der Waals surface area contributed by atoms with Gasteiger partial charge >= 0.3 is 0 Å². The highest BCUT2D eigenvalue weighted by atomic mass is 79.9. The van der Waals surface area contributed by atoms with Gasteiger partial charge in [0.15, 0.2) is 0 Å². The number of imidazole rings is 1. The first-order valence-corrected chi connectivity index (χ1v) is 7.81. The molecule has 1 N–H and O–H groups in total. The highest BCUT2D eigenvalue weighted by Crippen LogP contribution is 2.26. The third kappa shape index (κ3) is 3.91. The normalized spacial score (nSPS) is 12.6. The molecule has 0 aliphatic rings. The molecule has 0 aliphatic heterocycles. The van der Waals surface area contributed by atoms with Gasteiger partial charge in [-0.2, -0.15) is 0 Å². The zero-order valence-corrected chi connectivity index (χ0v) is 14.2. The van der Waals surface area contributed by atoms with Crippen LogP contribution < -0.4 is 5.32 Å². The molecule has 1 unspecified atom stereocenters. The number of hydrogen-bond acceptors (Lipinski definition) is 2.